The zero-order valence-corrected chi connectivity index (χ0v) is 11.7. The number of nitrogens with one attached hydrogen (secondary N) is 1. The van der Waals surface area contributed by atoms with Crippen molar-refractivity contribution in [2.45, 2.75) is 20.0 Å². The Morgan fingerprint density at radius 2 is 2.29 bits per heavy atom. The number of anilines is 1. The Balaban J connectivity index is 1.91. The zero-order chi connectivity index (χ0) is 15.4. The fraction of sp³-hybridized carbons (Fsp3) is 0.333. The van der Waals surface area contributed by atoms with E-state index in [1.54, 1.807) is 20.0 Å². The number of hydrogen-bond acceptors (Lipinski definition) is 5. The number of rotatable bonds is 5. The van der Waals surface area contributed by atoms with Crippen molar-refractivity contribution in [3.63, 3.8) is 0 Å². The van der Waals surface area contributed by atoms with Gasteiger partial charge in [0.25, 0.3) is 0 Å². The number of urea groups is 1. The molecule has 0 spiro atoms. The number of amides is 3. The molecule has 0 atom stereocenters. The number of nitrogens with zero attached hydrogens (tertiary/aromatic N) is 4. The van der Waals surface area contributed by atoms with Crippen molar-refractivity contribution in [2.75, 3.05) is 12.4 Å². The molecule has 0 unspecified atom stereocenters. The van der Waals surface area contributed by atoms with Crippen LogP contribution in [0.4, 0.5) is 10.5 Å². The van der Waals surface area contributed by atoms with Gasteiger partial charge in [0, 0.05) is 19.3 Å². The Morgan fingerprint density at radius 1 is 1.52 bits per heavy atom. The molecule has 0 aliphatic heterocycles. The van der Waals surface area contributed by atoms with Crippen molar-refractivity contribution in [1.82, 2.24) is 19.8 Å². The topological polar surface area (TPSA) is 119 Å². The Hall–Kier alpha value is -2.84. The minimum Gasteiger partial charge on any atom is -0.368 e. The van der Waals surface area contributed by atoms with Crippen LogP contribution in [-0.2, 0) is 17.9 Å². The molecule has 112 valence electrons. The summed E-state index contributed by atoms with van der Waals surface area (Å²) in [5, 5.41) is 10.4. The van der Waals surface area contributed by atoms with Crippen molar-refractivity contribution < 1.29 is 14.1 Å². The van der Waals surface area contributed by atoms with Crippen LogP contribution in [0.15, 0.2) is 23.0 Å². The molecule has 0 saturated carbocycles. The Bertz CT molecular complexity index is 647. The summed E-state index contributed by atoms with van der Waals surface area (Å²) in [5.74, 6) is 0.182. The smallest absolute Gasteiger partial charge is 0.322 e. The number of hydrogen-bond donors (Lipinski definition) is 2. The minimum absolute atomic E-state index is 0.0378. The van der Waals surface area contributed by atoms with Gasteiger partial charge in [0.15, 0.2) is 0 Å². The number of primary amides is 1. The van der Waals surface area contributed by atoms with Gasteiger partial charge in [0.05, 0.1) is 18.4 Å². The standard InChI is InChI=1S/C12H16N6O3/c1-8-3-9(16-21-8)5-17(2)12(20)15-10-4-14-18(6-10)7-11(13)19/h3-4,6H,5,7H2,1-2H3,(H2,13,19)(H,15,20). The lowest BCUT2D eigenvalue weighted by atomic mass is 10.3. The van der Waals surface area contributed by atoms with Crippen LogP contribution in [-0.4, -0.2) is 38.8 Å². The third kappa shape index (κ3) is 4.06. The van der Waals surface area contributed by atoms with Crippen LogP contribution >= 0.6 is 0 Å². The Kier molecular flexibility index (Phi) is 4.21. The third-order valence-electron chi connectivity index (χ3n) is 2.62. The molecule has 3 N–H and O–H groups in total. The molecule has 0 saturated heterocycles. The van der Waals surface area contributed by atoms with E-state index in [0.717, 1.165) is 0 Å². The monoisotopic (exact) mass is 292 g/mol. The lowest BCUT2D eigenvalue weighted by molar-refractivity contribution is -0.118. The van der Waals surface area contributed by atoms with E-state index in [1.165, 1.54) is 22.0 Å². The summed E-state index contributed by atoms with van der Waals surface area (Å²) >= 11 is 0. The van der Waals surface area contributed by atoms with E-state index < -0.39 is 5.91 Å². The second kappa shape index (κ2) is 6.07. The number of nitrogens with two attached hydrogens (primary N) is 1. The lowest BCUT2D eigenvalue weighted by Crippen LogP contribution is -2.30. The first-order chi connectivity index (χ1) is 9.94. The number of carbonyl (C=O) groups excluding carboxylic acids is 2. The molecule has 3 amide bonds. The van der Waals surface area contributed by atoms with E-state index in [1.807, 2.05) is 0 Å². The summed E-state index contributed by atoms with van der Waals surface area (Å²) in [6, 6.07) is 1.43. The van der Waals surface area contributed by atoms with Gasteiger partial charge in [-0.3, -0.25) is 9.48 Å². The van der Waals surface area contributed by atoms with E-state index in [4.69, 9.17) is 10.3 Å². The molecule has 9 nitrogen and oxygen atoms in total. The van der Waals surface area contributed by atoms with Gasteiger partial charge in [0.1, 0.15) is 18.0 Å². The van der Waals surface area contributed by atoms with E-state index in [2.05, 4.69) is 15.6 Å². The summed E-state index contributed by atoms with van der Waals surface area (Å²) in [7, 11) is 1.63. The van der Waals surface area contributed by atoms with Gasteiger partial charge >= 0.3 is 6.03 Å². The van der Waals surface area contributed by atoms with E-state index in [9.17, 15) is 9.59 Å². The predicted molar refractivity (Wildman–Crippen MR) is 73.1 cm³/mol. The Labute approximate surface area is 120 Å². The third-order valence-corrected chi connectivity index (χ3v) is 2.62. The summed E-state index contributed by atoms with van der Waals surface area (Å²) in [4.78, 5) is 24.2. The summed E-state index contributed by atoms with van der Waals surface area (Å²) in [5.41, 5.74) is 6.20. The van der Waals surface area contributed by atoms with Crippen molar-refractivity contribution in [1.29, 1.82) is 0 Å². The molecule has 0 aliphatic carbocycles. The first-order valence-corrected chi connectivity index (χ1v) is 6.19. The summed E-state index contributed by atoms with van der Waals surface area (Å²) in [6.07, 6.45) is 2.96. The quantitative estimate of drug-likeness (QED) is 0.823. The molecular formula is C12H16N6O3. The van der Waals surface area contributed by atoms with Gasteiger partial charge in [0.2, 0.25) is 5.91 Å². The second-order valence-corrected chi connectivity index (χ2v) is 4.61. The molecule has 0 radical (unpaired) electrons. The van der Waals surface area contributed by atoms with E-state index in [-0.39, 0.29) is 12.6 Å². The molecular weight excluding hydrogens is 276 g/mol. The lowest BCUT2D eigenvalue weighted by Gasteiger charge is -2.15. The van der Waals surface area contributed by atoms with Crippen LogP contribution in [0.3, 0.4) is 0 Å². The zero-order valence-electron chi connectivity index (χ0n) is 11.7. The Morgan fingerprint density at radius 3 is 2.90 bits per heavy atom. The normalized spacial score (nSPS) is 10.4. The maximum absolute atomic E-state index is 12.0. The fourth-order valence-electron chi connectivity index (χ4n) is 1.70. The molecule has 0 aliphatic rings. The maximum atomic E-state index is 12.0. The van der Waals surface area contributed by atoms with Crippen molar-refractivity contribution >= 4 is 17.6 Å². The van der Waals surface area contributed by atoms with Gasteiger partial charge in [-0.2, -0.15) is 5.10 Å². The maximum Gasteiger partial charge on any atom is 0.322 e. The van der Waals surface area contributed by atoms with Crippen LogP contribution in [0.2, 0.25) is 0 Å². The SMILES string of the molecule is Cc1cc(CN(C)C(=O)Nc2cnn(CC(N)=O)c2)no1. The minimum atomic E-state index is -0.505. The van der Waals surface area contributed by atoms with E-state index in [0.29, 0.717) is 23.7 Å². The van der Waals surface area contributed by atoms with E-state index >= 15 is 0 Å². The number of aromatic nitrogens is 3. The molecule has 2 rings (SSSR count). The predicted octanol–water partition coefficient (Wildman–Crippen LogP) is 0.329. The fourth-order valence-corrected chi connectivity index (χ4v) is 1.70. The molecule has 2 aromatic heterocycles. The van der Waals surface area contributed by atoms with Crippen molar-refractivity contribution in [3.05, 3.63) is 29.9 Å². The molecule has 0 aromatic carbocycles. The van der Waals surface area contributed by atoms with Crippen LogP contribution in [0, 0.1) is 6.92 Å². The van der Waals surface area contributed by atoms with Gasteiger partial charge in [-0.1, -0.05) is 5.16 Å². The van der Waals surface area contributed by atoms with Crippen LogP contribution in [0.5, 0.6) is 0 Å². The average Bonchev–Trinajstić information content (AvgIpc) is 2.98. The highest BCUT2D eigenvalue weighted by Gasteiger charge is 2.12. The molecule has 9 heteroatoms. The van der Waals surface area contributed by atoms with Crippen LogP contribution in [0.1, 0.15) is 11.5 Å². The molecule has 21 heavy (non-hydrogen) atoms. The number of aryl methyl sites for hydroxylation is 1. The van der Waals surface area contributed by atoms with Gasteiger partial charge in [-0.25, -0.2) is 4.79 Å². The number of carbonyl (C=O) groups is 2. The molecule has 0 fully saturated rings. The second-order valence-electron chi connectivity index (χ2n) is 4.61. The van der Waals surface area contributed by atoms with Gasteiger partial charge < -0.3 is 20.5 Å². The van der Waals surface area contributed by atoms with Gasteiger partial charge in [-0.15, -0.1) is 0 Å². The van der Waals surface area contributed by atoms with Crippen LogP contribution in [0.25, 0.3) is 0 Å². The van der Waals surface area contributed by atoms with Crippen LogP contribution < -0.4 is 11.1 Å². The summed E-state index contributed by atoms with van der Waals surface area (Å²) in [6.45, 7) is 2.06. The highest BCUT2D eigenvalue weighted by atomic mass is 16.5. The van der Waals surface area contributed by atoms with Crippen molar-refractivity contribution in [2.24, 2.45) is 5.73 Å². The van der Waals surface area contributed by atoms with Gasteiger partial charge in [-0.05, 0) is 6.92 Å². The first-order valence-electron chi connectivity index (χ1n) is 6.19. The first kappa shape index (κ1) is 14.6. The molecule has 0 bridgehead atoms. The largest absolute Gasteiger partial charge is 0.368 e. The average molecular weight is 292 g/mol. The molecule has 2 aromatic rings. The summed E-state index contributed by atoms with van der Waals surface area (Å²) < 4.78 is 6.28. The van der Waals surface area contributed by atoms with Crippen molar-refractivity contribution in [3.8, 4) is 0 Å². The highest BCUT2D eigenvalue weighted by molar-refractivity contribution is 5.88. The highest BCUT2D eigenvalue weighted by Crippen LogP contribution is 2.08. The molecule has 2 heterocycles.